The van der Waals surface area contributed by atoms with Gasteiger partial charge >= 0.3 is 0 Å². The normalized spacial score (nSPS) is 17.0. The maximum Gasteiger partial charge on any atom is 0.272 e. The van der Waals surface area contributed by atoms with E-state index in [-0.39, 0.29) is 12.0 Å². The van der Waals surface area contributed by atoms with E-state index in [1.54, 1.807) is 6.07 Å². The van der Waals surface area contributed by atoms with Crippen molar-refractivity contribution < 1.29 is 9.53 Å². The minimum atomic E-state index is -0.0151. The number of amides is 1. The Labute approximate surface area is 161 Å². The summed E-state index contributed by atoms with van der Waals surface area (Å²) in [4.78, 5) is 23.4. The molecule has 1 unspecified atom stereocenters. The van der Waals surface area contributed by atoms with Crippen LogP contribution >= 0.6 is 0 Å². The zero-order valence-electron chi connectivity index (χ0n) is 16.3. The molecule has 0 radical (unpaired) electrons. The molecule has 2 heterocycles. The molecule has 1 amide bonds. The van der Waals surface area contributed by atoms with Crippen LogP contribution in [0.1, 0.15) is 56.9 Å². The quantitative estimate of drug-likeness (QED) is 0.818. The number of aromatic nitrogens is 2. The summed E-state index contributed by atoms with van der Waals surface area (Å²) in [6.07, 6.45) is 5.79. The summed E-state index contributed by atoms with van der Waals surface area (Å²) in [6, 6.07) is 9.73. The van der Waals surface area contributed by atoms with Gasteiger partial charge in [-0.05, 0) is 51.7 Å². The number of nitrogens with one attached hydrogen (secondary N) is 1. The van der Waals surface area contributed by atoms with Gasteiger partial charge in [-0.25, -0.2) is 9.97 Å². The van der Waals surface area contributed by atoms with E-state index in [2.05, 4.69) is 22.2 Å². The van der Waals surface area contributed by atoms with Gasteiger partial charge < -0.3 is 15.0 Å². The molecule has 6 heteroatoms. The molecule has 2 aromatic rings. The molecule has 1 aromatic heterocycles. The second-order valence-electron chi connectivity index (χ2n) is 7.13. The minimum absolute atomic E-state index is 0.0151. The first-order valence-corrected chi connectivity index (χ1v) is 9.74. The van der Waals surface area contributed by atoms with E-state index < -0.39 is 0 Å². The number of rotatable bonds is 6. The smallest absolute Gasteiger partial charge is 0.272 e. The van der Waals surface area contributed by atoms with Crippen LogP contribution in [0.4, 0.5) is 11.5 Å². The lowest BCUT2D eigenvalue weighted by Gasteiger charge is -2.35. The lowest BCUT2D eigenvalue weighted by molar-refractivity contribution is 0.0602. The molecular weight excluding hydrogens is 340 g/mol. The summed E-state index contributed by atoms with van der Waals surface area (Å²) >= 11 is 0. The third kappa shape index (κ3) is 4.76. The number of carbonyl (C=O) groups excluding carboxylic acids is 1. The van der Waals surface area contributed by atoms with Crippen molar-refractivity contribution in [3.8, 4) is 5.75 Å². The first-order chi connectivity index (χ1) is 13.1. The second kappa shape index (κ2) is 8.84. The molecule has 0 aliphatic carbocycles. The molecule has 0 saturated carbocycles. The minimum Gasteiger partial charge on any atom is -0.489 e. The molecule has 1 fully saturated rings. The Morgan fingerprint density at radius 1 is 1.30 bits per heavy atom. The summed E-state index contributed by atoms with van der Waals surface area (Å²) in [5.74, 6) is 1.32. The Hall–Kier alpha value is -2.63. The molecular formula is C21H28N4O2. The maximum absolute atomic E-state index is 13.0. The van der Waals surface area contributed by atoms with Gasteiger partial charge in [-0.1, -0.05) is 19.1 Å². The van der Waals surface area contributed by atoms with Crippen molar-refractivity contribution in [1.29, 1.82) is 0 Å². The highest BCUT2D eigenvalue weighted by Crippen LogP contribution is 2.28. The highest BCUT2D eigenvalue weighted by atomic mass is 16.5. The van der Waals surface area contributed by atoms with E-state index in [1.807, 2.05) is 43.0 Å². The van der Waals surface area contributed by atoms with E-state index in [9.17, 15) is 4.79 Å². The van der Waals surface area contributed by atoms with Gasteiger partial charge in [0.2, 0.25) is 0 Å². The molecule has 1 aliphatic heterocycles. The van der Waals surface area contributed by atoms with Crippen LogP contribution in [0.2, 0.25) is 0 Å². The number of anilines is 2. The predicted molar refractivity (Wildman–Crippen MR) is 106 cm³/mol. The summed E-state index contributed by atoms with van der Waals surface area (Å²) in [5.41, 5.74) is 1.24. The lowest BCUT2D eigenvalue weighted by Crippen LogP contribution is -2.43. The molecule has 0 bridgehead atoms. The number of likely N-dealkylation sites (tertiary alicyclic amines) is 1. The molecule has 144 valence electrons. The number of carbonyl (C=O) groups is 1. The monoisotopic (exact) mass is 368 g/mol. The number of hydrogen-bond donors (Lipinski definition) is 1. The van der Waals surface area contributed by atoms with E-state index >= 15 is 0 Å². The molecule has 1 N–H and O–H groups in total. The maximum atomic E-state index is 13.0. The number of hydrogen-bond acceptors (Lipinski definition) is 5. The molecule has 3 rings (SSSR count). The van der Waals surface area contributed by atoms with Crippen LogP contribution in [-0.4, -0.2) is 39.5 Å². The summed E-state index contributed by atoms with van der Waals surface area (Å²) < 4.78 is 5.84. The third-order valence-corrected chi connectivity index (χ3v) is 4.76. The highest BCUT2D eigenvalue weighted by molar-refractivity contribution is 5.93. The van der Waals surface area contributed by atoms with E-state index in [0.717, 1.165) is 37.2 Å². The van der Waals surface area contributed by atoms with E-state index in [1.165, 1.54) is 12.7 Å². The fourth-order valence-electron chi connectivity index (χ4n) is 3.45. The number of para-hydroxylation sites is 2. The zero-order chi connectivity index (χ0) is 19.2. The number of benzene rings is 1. The van der Waals surface area contributed by atoms with Crippen molar-refractivity contribution in [1.82, 2.24) is 14.9 Å². The van der Waals surface area contributed by atoms with Crippen molar-refractivity contribution in [2.24, 2.45) is 0 Å². The third-order valence-electron chi connectivity index (χ3n) is 4.76. The van der Waals surface area contributed by atoms with E-state index in [4.69, 9.17) is 4.74 Å². The summed E-state index contributed by atoms with van der Waals surface area (Å²) in [6.45, 7) is 6.91. The molecule has 0 spiro atoms. The predicted octanol–water partition coefficient (Wildman–Crippen LogP) is 4.41. The van der Waals surface area contributed by atoms with Crippen molar-refractivity contribution in [2.45, 2.75) is 58.6 Å². The van der Waals surface area contributed by atoms with Gasteiger partial charge in [0.25, 0.3) is 5.91 Å². The highest BCUT2D eigenvalue weighted by Gasteiger charge is 2.27. The second-order valence-corrected chi connectivity index (χ2v) is 7.13. The van der Waals surface area contributed by atoms with Crippen molar-refractivity contribution >= 4 is 17.4 Å². The van der Waals surface area contributed by atoms with Gasteiger partial charge in [0.05, 0.1) is 11.8 Å². The van der Waals surface area contributed by atoms with Crippen molar-refractivity contribution in [3.05, 3.63) is 42.4 Å². The van der Waals surface area contributed by atoms with Crippen LogP contribution in [0, 0.1) is 0 Å². The topological polar surface area (TPSA) is 67.4 Å². The Morgan fingerprint density at radius 3 is 2.89 bits per heavy atom. The van der Waals surface area contributed by atoms with Gasteiger partial charge in [-0.15, -0.1) is 0 Å². The number of piperidine rings is 1. The van der Waals surface area contributed by atoms with Gasteiger partial charge in [0, 0.05) is 18.7 Å². The van der Waals surface area contributed by atoms with Crippen molar-refractivity contribution in [3.63, 3.8) is 0 Å². The number of nitrogens with zero attached hydrogens (tertiary/aromatic N) is 3. The average molecular weight is 368 g/mol. The number of ether oxygens (including phenoxy) is 1. The van der Waals surface area contributed by atoms with Gasteiger partial charge in [-0.3, -0.25) is 4.79 Å². The fourth-order valence-corrected chi connectivity index (χ4v) is 3.45. The molecule has 1 saturated heterocycles. The van der Waals surface area contributed by atoms with Crippen LogP contribution in [0.25, 0.3) is 0 Å². The zero-order valence-corrected chi connectivity index (χ0v) is 16.3. The Balaban J connectivity index is 1.79. The largest absolute Gasteiger partial charge is 0.489 e. The Bertz CT molecular complexity index is 778. The van der Waals surface area contributed by atoms with E-state index in [0.29, 0.717) is 17.6 Å². The van der Waals surface area contributed by atoms with Crippen LogP contribution in [0.5, 0.6) is 5.75 Å². The first kappa shape index (κ1) is 19.1. The molecule has 1 atom stereocenters. The standard InChI is InChI=1S/C21H28N4O2/c1-4-16-9-7-8-12-25(16)21(26)18-13-20(23-14-22-18)24-17-10-5-6-11-19(17)27-15(2)3/h5-6,10-11,13-16H,4,7-9,12H2,1-3H3,(H,22,23,24). The fraction of sp³-hybridized carbons (Fsp3) is 0.476. The molecule has 1 aliphatic rings. The average Bonchev–Trinajstić information content (AvgIpc) is 2.69. The lowest BCUT2D eigenvalue weighted by atomic mass is 9.99. The first-order valence-electron chi connectivity index (χ1n) is 9.74. The van der Waals surface area contributed by atoms with Gasteiger partial charge in [-0.2, -0.15) is 0 Å². The molecule has 6 nitrogen and oxygen atoms in total. The Morgan fingerprint density at radius 2 is 2.11 bits per heavy atom. The molecule has 1 aromatic carbocycles. The van der Waals surface area contributed by atoms with Crippen LogP contribution in [-0.2, 0) is 0 Å². The Kier molecular flexibility index (Phi) is 6.27. The SMILES string of the molecule is CCC1CCCCN1C(=O)c1cc(Nc2ccccc2OC(C)C)ncn1. The van der Waals surface area contributed by atoms with Gasteiger partial charge in [0.1, 0.15) is 23.6 Å². The van der Waals surface area contributed by atoms with Gasteiger partial charge in [0.15, 0.2) is 0 Å². The van der Waals surface area contributed by atoms with Crippen molar-refractivity contribution in [2.75, 3.05) is 11.9 Å². The summed E-state index contributed by atoms with van der Waals surface area (Å²) in [7, 11) is 0. The molecule has 27 heavy (non-hydrogen) atoms. The summed E-state index contributed by atoms with van der Waals surface area (Å²) in [5, 5.41) is 3.25. The van der Waals surface area contributed by atoms with Crippen LogP contribution in [0.15, 0.2) is 36.7 Å². The van der Waals surface area contributed by atoms with Crippen LogP contribution in [0.3, 0.4) is 0 Å². The van der Waals surface area contributed by atoms with Crippen LogP contribution < -0.4 is 10.1 Å².